The van der Waals surface area contributed by atoms with Crippen LogP contribution in [0.4, 0.5) is 11.4 Å². The van der Waals surface area contributed by atoms with E-state index in [0.29, 0.717) is 5.69 Å². The lowest BCUT2D eigenvalue weighted by Crippen LogP contribution is -2.14. The Hall–Kier alpha value is -2.71. The monoisotopic (exact) mass is 458 g/mol. The van der Waals surface area contributed by atoms with E-state index in [1.807, 2.05) is 0 Å². The van der Waals surface area contributed by atoms with E-state index in [1.165, 1.54) is 24.3 Å². The molecular formula is C16H14N2O8S3. The highest BCUT2D eigenvalue weighted by molar-refractivity contribution is 7.92. The molecule has 0 aliphatic heterocycles. The Morgan fingerprint density at radius 1 is 0.690 bits per heavy atom. The van der Waals surface area contributed by atoms with Crippen molar-refractivity contribution in [3.8, 4) is 0 Å². The molecule has 0 unspecified atom stereocenters. The fourth-order valence-electron chi connectivity index (χ4n) is 2.62. The van der Waals surface area contributed by atoms with Crippen molar-refractivity contribution in [2.45, 2.75) is 14.7 Å². The molecule has 0 amide bonds. The predicted molar refractivity (Wildman–Crippen MR) is 105 cm³/mol. The number of nitrogen functional groups attached to an aromatic ring is 1. The molecule has 0 heterocycles. The zero-order valence-corrected chi connectivity index (χ0v) is 16.8. The van der Waals surface area contributed by atoms with E-state index < -0.39 is 40.1 Å². The maximum absolute atomic E-state index is 12.6. The highest BCUT2D eigenvalue weighted by Crippen LogP contribution is 2.33. The van der Waals surface area contributed by atoms with Crippen molar-refractivity contribution in [3.63, 3.8) is 0 Å². The number of benzene rings is 3. The van der Waals surface area contributed by atoms with Crippen LogP contribution in [-0.2, 0) is 30.3 Å². The van der Waals surface area contributed by atoms with Gasteiger partial charge in [-0.1, -0.05) is 6.07 Å². The molecule has 0 aromatic heterocycles. The molecule has 0 bridgehead atoms. The third-order valence-corrected chi connectivity index (χ3v) is 7.10. The molecule has 0 spiro atoms. The van der Waals surface area contributed by atoms with Gasteiger partial charge >= 0.3 is 0 Å². The number of anilines is 2. The summed E-state index contributed by atoms with van der Waals surface area (Å²) >= 11 is 0. The van der Waals surface area contributed by atoms with E-state index >= 15 is 0 Å². The normalized spacial score (nSPS) is 12.8. The van der Waals surface area contributed by atoms with Gasteiger partial charge in [0, 0.05) is 16.5 Å². The number of fused-ring (bicyclic) bond motifs is 1. The molecule has 10 nitrogen and oxygen atoms in total. The summed E-state index contributed by atoms with van der Waals surface area (Å²) < 4.78 is 92.3. The van der Waals surface area contributed by atoms with Gasteiger partial charge in [0.1, 0.15) is 4.90 Å². The van der Waals surface area contributed by atoms with Crippen molar-refractivity contribution in [1.29, 1.82) is 0 Å². The minimum atomic E-state index is -4.70. The SMILES string of the molecule is Nc1ccc(S(=O)(=O)Nc2ccc(S(=O)(=O)O)c3ccc(S(=O)(=O)O)cc23)cc1. The van der Waals surface area contributed by atoms with Gasteiger partial charge in [0.15, 0.2) is 0 Å². The molecule has 3 aromatic carbocycles. The summed E-state index contributed by atoms with van der Waals surface area (Å²) in [4.78, 5) is -1.31. The molecule has 154 valence electrons. The van der Waals surface area contributed by atoms with Gasteiger partial charge in [0.25, 0.3) is 30.3 Å². The van der Waals surface area contributed by atoms with Crippen molar-refractivity contribution in [2.75, 3.05) is 10.5 Å². The third-order valence-electron chi connectivity index (χ3n) is 3.96. The summed E-state index contributed by atoms with van der Waals surface area (Å²) in [5.74, 6) is 0. The fourth-order valence-corrected chi connectivity index (χ4v) is 4.91. The molecule has 5 N–H and O–H groups in total. The Morgan fingerprint density at radius 2 is 1.28 bits per heavy atom. The smallest absolute Gasteiger partial charge is 0.295 e. The van der Waals surface area contributed by atoms with Crippen LogP contribution < -0.4 is 10.5 Å². The summed E-state index contributed by atoms with van der Waals surface area (Å²) in [6.07, 6.45) is 0. The van der Waals surface area contributed by atoms with Gasteiger partial charge in [-0.15, -0.1) is 0 Å². The minimum Gasteiger partial charge on any atom is -0.399 e. The van der Waals surface area contributed by atoms with Crippen LogP contribution in [0.15, 0.2) is 69.3 Å². The molecule has 29 heavy (non-hydrogen) atoms. The zero-order valence-electron chi connectivity index (χ0n) is 14.3. The lowest BCUT2D eigenvalue weighted by Gasteiger charge is -2.13. The van der Waals surface area contributed by atoms with Crippen LogP contribution in [0.2, 0.25) is 0 Å². The molecule has 0 aliphatic carbocycles. The van der Waals surface area contributed by atoms with Gasteiger partial charge in [-0.2, -0.15) is 16.8 Å². The number of nitrogens with two attached hydrogens (primary N) is 1. The van der Waals surface area contributed by atoms with Crippen LogP contribution in [0.1, 0.15) is 0 Å². The molecule has 0 aliphatic rings. The number of nitrogens with one attached hydrogen (secondary N) is 1. The van der Waals surface area contributed by atoms with Crippen LogP contribution in [0.25, 0.3) is 10.8 Å². The summed E-state index contributed by atoms with van der Waals surface area (Å²) in [5.41, 5.74) is 5.70. The van der Waals surface area contributed by atoms with Gasteiger partial charge in [-0.3, -0.25) is 13.8 Å². The van der Waals surface area contributed by atoms with Crippen LogP contribution >= 0.6 is 0 Å². The molecule has 0 atom stereocenters. The first kappa shape index (κ1) is 21.0. The maximum Gasteiger partial charge on any atom is 0.295 e. The van der Waals surface area contributed by atoms with E-state index in [1.54, 1.807) is 0 Å². The highest BCUT2D eigenvalue weighted by atomic mass is 32.2. The fraction of sp³-hybridized carbons (Fsp3) is 0. The van der Waals surface area contributed by atoms with Crippen LogP contribution in [0, 0.1) is 0 Å². The Bertz CT molecular complexity index is 1430. The van der Waals surface area contributed by atoms with Gasteiger partial charge in [-0.05, 0) is 48.5 Å². The van der Waals surface area contributed by atoms with Gasteiger partial charge in [-0.25, -0.2) is 8.42 Å². The molecule has 0 fully saturated rings. The molecule has 3 aromatic rings. The second kappa shape index (κ2) is 6.96. The first-order valence-electron chi connectivity index (χ1n) is 7.69. The Morgan fingerprint density at radius 3 is 1.83 bits per heavy atom. The van der Waals surface area contributed by atoms with Crippen molar-refractivity contribution in [3.05, 3.63) is 54.6 Å². The summed E-state index contributed by atoms with van der Waals surface area (Å²) in [7, 11) is -13.5. The topological polar surface area (TPSA) is 181 Å². The zero-order chi connectivity index (χ0) is 21.6. The van der Waals surface area contributed by atoms with Crippen molar-refractivity contribution < 1.29 is 34.4 Å². The van der Waals surface area contributed by atoms with Gasteiger partial charge in [0.2, 0.25) is 0 Å². The first-order valence-corrected chi connectivity index (χ1v) is 12.1. The Labute approximate surface area is 166 Å². The summed E-state index contributed by atoms with van der Waals surface area (Å²) in [6, 6.07) is 10.1. The van der Waals surface area contributed by atoms with E-state index in [9.17, 15) is 34.4 Å². The second-order valence-electron chi connectivity index (χ2n) is 5.94. The van der Waals surface area contributed by atoms with Crippen LogP contribution in [0.3, 0.4) is 0 Å². The van der Waals surface area contributed by atoms with E-state index in [-0.39, 0.29) is 21.4 Å². The van der Waals surface area contributed by atoms with Crippen LogP contribution in [-0.4, -0.2) is 34.4 Å². The quantitative estimate of drug-likeness (QED) is 0.327. The lowest BCUT2D eigenvalue weighted by atomic mass is 10.1. The molecule has 13 heteroatoms. The lowest BCUT2D eigenvalue weighted by molar-refractivity contribution is 0.482. The van der Waals surface area contributed by atoms with Gasteiger partial charge in [0.05, 0.1) is 15.5 Å². The van der Waals surface area contributed by atoms with Crippen molar-refractivity contribution in [2.24, 2.45) is 0 Å². The average molecular weight is 458 g/mol. The van der Waals surface area contributed by atoms with E-state index in [4.69, 9.17) is 5.73 Å². The highest BCUT2D eigenvalue weighted by Gasteiger charge is 2.21. The van der Waals surface area contributed by atoms with E-state index in [0.717, 1.165) is 30.3 Å². The standard InChI is InChI=1S/C16H14N2O8S3/c17-10-1-3-11(4-2-10)27(19,20)18-15-7-8-16(29(24,25)26)13-6-5-12(9-14(13)15)28(21,22)23/h1-9,18H,17H2,(H,21,22,23)(H,24,25,26). The maximum atomic E-state index is 12.6. The number of rotatable bonds is 5. The minimum absolute atomic E-state index is 0.148. The predicted octanol–water partition coefficient (Wildman–Crippen LogP) is 1.72. The molecule has 0 saturated heterocycles. The summed E-state index contributed by atoms with van der Waals surface area (Å²) in [5, 5.41) is -0.327. The Kier molecular flexibility index (Phi) is 5.04. The molecule has 3 rings (SSSR count). The van der Waals surface area contributed by atoms with E-state index in [2.05, 4.69) is 4.72 Å². The molecule has 0 radical (unpaired) electrons. The van der Waals surface area contributed by atoms with Gasteiger partial charge < -0.3 is 5.73 Å². The summed E-state index contributed by atoms with van der Waals surface area (Å²) in [6.45, 7) is 0. The first-order chi connectivity index (χ1) is 13.3. The third kappa shape index (κ3) is 4.33. The molecule has 0 saturated carbocycles. The average Bonchev–Trinajstić information content (AvgIpc) is 2.60. The van der Waals surface area contributed by atoms with Crippen LogP contribution in [0.5, 0.6) is 0 Å². The Balaban J connectivity index is 2.25. The number of hydrogen-bond donors (Lipinski definition) is 4. The number of hydrogen-bond acceptors (Lipinski definition) is 7. The van der Waals surface area contributed by atoms with Crippen molar-refractivity contribution >= 4 is 52.4 Å². The largest absolute Gasteiger partial charge is 0.399 e. The van der Waals surface area contributed by atoms with Crippen molar-refractivity contribution in [1.82, 2.24) is 0 Å². The second-order valence-corrected chi connectivity index (χ2v) is 10.4. The molecular weight excluding hydrogens is 444 g/mol. The number of sulfonamides is 1.